The SMILES string of the molecule is Cc1ccc(C(CC(=O)O)c2ccn3c(C(F)F)nnc3c2C)cc1CN1CC2(CC2)Oc2ncc(F)cc2S1(=O)=O. The second kappa shape index (κ2) is 10.1. The number of pyridine rings is 2. The van der Waals surface area contributed by atoms with Crippen molar-refractivity contribution in [1.82, 2.24) is 23.9 Å². The summed E-state index contributed by atoms with van der Waals surface area (Å²) in [7, 11) is -4.20. The van der Waals surface area contributed by atoms with Crippen LogP contribution in [0.15, 0.2) is 47.6 Å². The van der Waals surface area contributed by atoms with Gasteiger partial charge in [0.15, 0.2) is 5.65 Å². The van der Waals surface area contributed by atoms with Crippen LogP contribution in [-0.4, -0.2) is 55.5 Å². The Labute approximate surface area is 238 Å². The molecule has 0 saturated heterocycles. The standard InChI is InChI=1S/C28H26F3N5O5S/c1-15-3-4-17(21(11-23(37)38)20-5-8-36-25(16(20)2)33-34-26(36)24(30)31)9-18(15)13-35-14-28(6-7-28)41-27-22(42(35,39)40)10-19(29)12-32-27/h3-5,8-10,12,21,24H,6-7,11,13-14H2,1-2H3,(H,37,38). The Balaban J connectivity index is 1.40. The minimum atomic E-state index is -4.20. The molecule has 1 unspecified atom stereocenters. The van der Waals surface area contributed by atoms with Crippen molar-refractivity contribution in [2.75, 3.05) is 6.54 Å². The van der Waals surface area contributed by atoms with Gasteiger partial charge < -0.3 is 9.84 Å². The summed E-state index contributed by atoms with van der Waals surface area (Å²) in [6.45, 7) is 3.46. The molecule has 0 radical (unpaired) electrons. The van der Waals surface area contributed by atoms with Gasteiger partial charge in [0.25, 0.3) is 6.43 Å². The van der Waals surface area contributed by atoms with Gasteiger partial charge in [0.05, 0.1) is 19.2 Å². The quantitative estimate of drug-likeness (QED) is 0.327. The van der Waals surface area contributed by atoms with Crippen LogP contribution in [0.1, 0.15) is 65.2 Å². The highest BCUT2D eigenvalue weighted by Crippen LogP contribution is 2.46. The molecule has 1 N–H and O–H groups in total. The lowest BCUT2D eigenvalue weighted by molar-refractivity contribution is -0.137. The zero-order valence-electron chi connectivity index (χ0n) is 22.6. The zero-order valence-corrected chi connectivity index (χ0v) is 23.4. The van der Waals surface area contributed by atoms with Crippen LogP contribution in [-0.2, 0) is 21.4 Å². The second-order valence-electron chi connectivity index (χ2n) is 10.8. The summed E-state index contributed by atoms with van der Waals surface area (Å²) in [6, 6.07) is 7.79. The van der Waals surface area contributed by atoms with Gasteiger partial charge in [0.1, 0.15) is 16.3 Å². The topological polar surface area (TPSA) is 127 Å². The number of hydrogen-bond donors (Lipinski definition) is 1. The summed E-state index contributed by atoms with van der Waals surface area (Å²) >= 11 is 0. The number of fused-ring (bicyclic) bond motifs is 2. The number of carboxylic acids is 1. The van der Waals surface area contributed by atoms with Crippen LogP contribution in [0.25, 0.3) is 5.65 Å². The molecule has 1 aromatic carbocycles. The van der Waals surface area contributed by atoms with Crippen molar-refractivity contribution in [3.63, 3.8) is 0 Å². The first kappa shape index (κ1) is 28.1. The Morgan fingerprint density at radius 1 is 1.17 bits per heavy atom. The fraction of sp³-hybridized carbons (Fsp3) is 0.357. The molecule has 14 heteroatoms. The molecule has 6 rings (SSSR count). The Hall–Kier alpha value is -4.04. The van der Waals surface area contributed by atoms with Crippen LogP contribution >= 0.6 is 0 Å². The number of carbonyl (C=O) groups is 1. The van der Waals surface area contributed by atoms with E-state index in [-0.39, 0.29) is 35.9 Å². The van der Waals surface area contributed by atoms with Crippen molar-refractivity contribution in [2.24, 2.45) is 0 Å². The Morgan fingerprint density at radius 3 is 2.62 bits per heavy atom. The van der Waals surface area contributed by atoms with Gasteiger partial charge in [-0.3, -0.25) is 9.20 Å². The number of sulfonamides is 1. The van der Waals surface area contributed by atoms with Crippen LogP contribution < -0.4 is 4.74 Å². The fourth-order valence-corrected chi connectivity index (χ4v) is 7.05. The Kier molecular flexibility index (Phi) is 6.72. The highest BCUT2D eigenvalue weighted by molar-refractivity contribution is 7.89. The summed E-state index contributed by atoms with van der Waals surface area (Å²) in [5, 5.41) is 17.3. The normalized spacial score (nSPS) is 18.0. The number of rotatable bonds is 7. The first-order valence-electron chi connectivity index (χ1n) is 13.2. The van der Waals surface area contributed by atoms with Gasteiger partial charge >= 0.3 is 5.97 Å². The monoisotopic (exact) mass is 601 g/mol. The Morgan fingerprint density at radius 2 is 1.93 bits per heavy atom. The summed E-state index contributed by atoms with van der Waals surface area (Å²) in [6.07, 6.45) is 0.404. The van der Waals surface area contributed by atoms with Crippen molar-refractivity contribution < 1.29 is 36.2 Å². The van der Waals surface area contributed by atoms with Gasteiger partial charge in [0, 0.05) is 24.7 Å². The maximum absolute atomic E-state index is 14.1. The number of benzene rings is 1. The van der Waals surface area contributed by atoms with Crippen molar-refractivity contribution in [1.29, 1.82) is 0 Å². The molecule has 0 bridgehead atoms. The van der Waals surface area contributed by atoms with Crippen molar-refractivity contribution in [2.45, 2.75) is 62.5 Å². The molecule has 220 valence electrons. The van der Waals surface area contributed by atoms with Gasteiger partial charge in [-0.15, -0.1) is 10.2 Å². The molecule has 0 amide bonds. The lowest BCUT2D eigenvalue weighted by Crippen LogP contribution is -2.38. The molecule has 42 heavy (non-hydrogen) atoms. The zero-order chi connectivity index (χ0) is 30.0. The predicted octanol–water partition coefficient (Wildman–Crippen LogP) is 4.54. The lowest BCUT2D eigenvalue weighted by atomic mass is 9.85. The summed E-state index contributed by atoms with van der Waals surface area (Å²) in [4.78, 5) is 15.5. The average molecular weight is 602 g/mol. The molecule has 1 saturated carbocycles. The molecule has 1 atom stereocenters. The number of carboxylic acid groups (broad SMARTS) is 1. The first-order valence-corrected chi connectivity index (χ1v) is 14.6. The molecule has 4 heterocycles. The van der Waals surface area contributed by atoms with E-state index in [0.29, 0.717) is 35.1 Å². The third-order valence-corrected chi connectivity index (χ3v) is 9.74. The molecular formula is C28H26F3N5O5S. The summed E-state index contributed by atoms with van der Waals surface area (Å²) in [5.74, 6) is -3.22. The number of alkyl halides is 2. The lowest BCUT2D eigenvalue weighted by Gasteiger charge is -2.25. The maximum atomic E-state index is 14.1. The minimum absolute atomic E-state index is 0.0463. The van der Waals surface area contributed by atoms with Gasteiger partial charge in [-0.05, 0) is 60.6 Å². The molecule has 2 aliphatic rings. The third kappa shape index (κ3) is 4.87. The number of ether oxygens (including phenoxy) is 1. The third-order valence-electron chi connectivity index (χ3n) is 7.95. The smallest absolute Gasteiger partial charge is 0.304 e. The molecule has 1 spiro atoms. The molecule has 1 aliphatic carbocycles. The number of hydrogen-bond acceptors (Lipinski definition) is 7. The van der Waals surface area contributed by atoms with Crippen LogP contribution in [0.3, 0.4) is 0 Å². The summed E-state index contributed by atoms with van der Waals surface area (Å²) in [5.41, 5.74) is 2.49. The number of halogens is 3. The number of aryl methyl sites for hydroxylation is 2. The number of aromatic nitrogens is 4. The van der Waals surface area contributed by atoms with E-state index in [4.69, 9.17) is 4.74 Å². The molecule has 1 aliphatic heterocycles. The van der Waals surface area contributed by atoms with Crippen LogP contribution in [0, 0.1) is 19.7 Å². The predicted molar refractivity (Wildman–Crippen MR) is 142 cm³/mol. The van der Waals surface area contributed by atoms with Gasteiger partial charge in [0.2, 0.25) is 21.7 Å². The van der Waals surface area contributed by atoms with Crippen molar-refractivity contribution in [3.8, 4) is 5.88 Å². The fourth-order valence-electron chi connectivity index (χ4n) is 5.48. The van der Waals surface area contributed by atoms with Gasteiger partial charge in [-0.2, -0.15) is 4.31 Å². The van der Waals surface area contributed by atoms with Crippen LogP contribution in [0.5, 0.6) is 5.88 Å². The molecule has 10 nitrogen and oxygen atoms in total. The average Bonchev–Trinajstić information content (AvgIpc) is 3.55. The summed E-state index contributed by atoms with van der Waals surface area (Å²) < 4.78 is 76.6. The first-order chi connectivity index (χ1) is 19.9. The molecular weight excluding hydrogens is 575 g/mol. The van der Waals surface area contributed by atoms with E-state index in [1.54, 1.807) is 31.2 Å². The van der Waals surface area contributed by atoms with Crippen LogP contribution in [0.2, 0.25) is 0 Å². The van der Waals surface area contributed by atoms with Gasteiger partial charge in [-0.1, -0.05) is 18.2 Å². The second-order valence-corrected chi connectivity index (χ2v) is 12.7. The van der Waals surface area contributed by atoms with Gasteiger partial charge in [-0.25, -0.2) is 26.6 Å². The molecule has 1 fully saturated rings. The maximum Gasteiger partial charge on any atom is 0.304 e. The Bertz CT molecular complexity index is 1840. The van der Waals surface area contributed by atoms with E-state index >= 15 is 0 Å². The van der Waals surface area contributed by atoms with E-state index in [2.05, 4.69) is 15.2 Å². The number of nitrogens with zero attached hydrogens (tertiary/aromatic N) is 5. The van der Waals surface area contributed by atoms with Crippen molar-refractivity contribution in [3.05, 3.63) is 82.2 Å². The van der Waals surface area contributed by atoms with E-state index in [9.17, 15) is 31.5 Å². The van der Waals surface area contributed by atoms with E-state index in [0.717, 1.165) is 17.8 Å². The highest BCUT2D eigenvalue weighted by Gasteiger charge is 2.52. The van der Waals surface area contributed by atoms with Crippen LogP contribution in [0.4, 0.5) is 13.2 Å². The highest BCUT2D eigenvalue weighted by atomic mass is 32.2. The van der Waals surface area contributed by atoms with E-state index < -0.39 is 45.6 Å². The minimum Gasteiger partial charge on any atom is -0.481 e. The van der Waals surface area contributed by atoms with Crippen molar-refractivity contribution >= 4 is 21.6 Å². The van der Waals surface area contributed by atoms with E-state index in [1.807, 2.05) is 6.92 Å². The van der Waals surface area contributed by atoms with E-state index in [1.165, 1.54) is 14.9 Å². The number of aliphatic carboxylic acids is 1. The molecule has 4 aromatic rings. The largest absolute Gasteiger partial charge is 0.481 e. The molecule has 3 aromatic heterocycles.